The lowest BCUT2D eigenvalue weighted by Crippen LogP contribution is -2.34. The number of ether oxygens (including phenoxy) is 1. The fourth-order valence-corrected chi connectivity index (χ4v) is 3.12. The SMILES string of the molecule is CCCNC(c1c(C)cc(C)cc1F)C1CCC(C)O1. The Hall–Kier alpha value is -0.930. The van der Waals surface area contributed by atoms with Crippen LogP contribution in [0.3, 0.4) is 0 Å². The molecule has 0 aliphatic carbocycles. The fraction of sp³-hybridized carbons (Fsp3) is 0.647. The molecule has 0 aromatic heterocycles. The maximum atomic E-state index is 14.4. The second-order valence-corrected chi connectivity index (χ2v) is 5.97. The molecule has 3 atom stereocenters. The van der Waals surface area contributed by atoms with E-state index in [9.17, 15) is 4.39 Å². The Morgan fingerprint density at radius 3 is 2.65 bits per heavy atom. The molecule has 2 nitrogen and oxygen atoms in total. The number of nitrogens with one attached hydrogen (secondary N) is 1. The summed E-state index contributed by atoms with van der Waals surface area (Å²) in [7, 11) is 0. The van der Waals surface area contributed by atoms with E-state index in [4.69, 9.17) is 4.74 Å². The molecule has 2 rings (SSSR count). The van der Waals surface area contributed by atoms with E-state index in [1.165, 1.54) is 0 Å². The molecule has 3 unspecified atom stereocenters. The van der Waals surface area contributed by atoms with Crippen LogP contribution in [-0.4, -0.2) is 18.8 Å². The van der Waals surface area contributed by atoms with Crippen LogP contribution in [0.25, 0.3) is 0 Å². The Kier molecular flexibility index (Phi) is 5.17. The van der Waals surface area contributed by atoms with Crippen LogP contribution in [-0.2, 0) is 4.74 Å². The van der Waals surface area contributed by atoms with E-state index in [0.717, 1.165) is 42.5 Å². The molecular formula is C17H26FNO. The Bertz CT molecular complexity index is 437. The van der Waals surface area contributed by atoms with E-state index in [2.05, 4.69) is 25.2 Å². The van der Waals surface area contributed by atoms with E-state index in [-0.39, 0.29) is 24.1 Å². The van der Waals surface area contributed by atoms with Crippen LogP contribution >= 0.6 is 0 Å². The van der Waals surface area contributed by atoms with Crippen LogP contribution < -0.4 is 5.32 Å². The zero-order valence-electron chi connectivity index (χ0n) is 13.0. The van der Waals surface area contributed by atoms with Crippen molar-refractivity contribution >= 4 is 0 Å². The number of benzene rings is 1. The van der Waals surface area contributed by atoms with Crippen molar-refractivity contribution in [2.75, 3.05) is 6.54 Å². The van der Waals surface area contributed by atoms with Gasteiger partial charge < -0.3 is 10.1 Å². The van der Waals surface area contributed by atoms with Crippen molar-refractivity contribution in [1.82, 2.24) is 5.32 Å². The summed E-state index contributed by atoms with van der Waals surface area (Å²) in [6.07, 6.45) is 3.44. The van der Waals surface area contributed by atoms with Crippen molar-refractivity contribution in [2.24, 2.45) is 0 Å². The van der Waals surface area contributed by atoms with Crippen LogP contribution in [0.5, 0.6) is 0 Å². The fourth-order valence-electron chi connectivity index (χ4n) is 3.12. The van der Waals surface area contributed by atoms with E-state index < -0.39 is 0 Å². The first-order chi connectivity index (χ1) is 9.52. The number of rotatable bonds is 5. The summed E-state index contributed by atoms with van der Waals surface area (Å²) in [6.45, 7) is 9.02. The Balaban J connectivity index is 2.31. The molecule has 0 spiro atoms. The minimum atomic E-state index is -0.112. The molecule has 1 heterocycles. The summed E-state index contributed by atoms with van der Waals surface area (Å²) in [5, 5.41) is 3.48. The summed E-state index contributed by atoms with van der Waals surface area (Å²) in [4.78, 5) is 0. The summed E-state index contributed by atoms with van der Waals surface area (Å²) >= 11 is 0. The average molecular weight is 279 g/mol. The van der Waals surface area contributed by atoms with E-state index in [0.29, 0.717) is 0 Å². The summed E-state index contributed by atoms with van der Waals surface area (Å²) in [6, 6.07) is 3.64. The maximum absolute atomic E-state index is 14.4. The molecule has 1 aromatic rings. The van der Waals surface area contributed by atoms with Crippen molar-refractivity contribution in [2.45, 2.75) is 65.2 Å². The van der Waals surface area contributed by atoms with Crippen LogP contribution in [0.4, 0.5) is 4.39 Å². The highest BCUT2D eigenvalue weighted by molar-refractivity contribution is 5.35. The van der Waals surface area contributed by atoms with Gasteiger partial charge in [-0.05, 0) is 63.8 Å². The second kappa shape index (κ2) is 6.68. The number of hydrogen-bond acceptors (Lipinski definition) is 2. The van der Waals surface area contributed by atoms with Gasteiger partial charge in [0.15, 0.2) is 0 Å². The first kappa shape index (κ1) is 15.5. The monoisotopic (exact) mass is 279 g/mol. The third kappa shape index (κ3) is 3.39. The molecule has 0 radical (unpaired) electrons. The third-order valence-corrected chi connectivity index (χ3v) is 4.04. The molecule has 1 aromatic carbocycles. The minimum Gasteiger partial charge on any atom is -0.373 e. The van der Waals surface area contributed by atoms with Gasteiger partial charge in [0, 0.05) is 5.56 Å². The molecule has 1 aliphatic heterocycles. The van der Waals surface area contributed by atoms with Crippen LogP contribution in [0.1, 0.15) is 55.8 Å². The third-order valence-electron chi connectivity index (χ3n) is 4.04. The zero-order valence-corrected chi connectivity index (χ0v) is 13.0. The summed E-state index contributed by atoms with van der Waals surface area (Å²) in [5.74, 6) is -0.112. The predicted molar refractivity (Wildman–Crippen MR) is 80.5 cm³/mol. The predicted octanol–water partition coefficient (Wildman–Crippen LogP) is 4.05. The van der Waals surface area contributed by atoms with Gasteiger partial charge >= 0.3 is 0 Å². The van der Waals surface area contributed by atoms with Crippen molar-refractivity contribution < 1.29 is 9.13 Å². The quantitative estimate of drug-likeness (QED) is 0.878. The van der Waals surface area contributed by atoms with Gasteiger partial charge in [-0.25, -0.2) is 4.39 Å². The molecule has 1 aliphatic rings. The Morgan fingerprint density at radius 1 is 1.35 bits per heavy atom. The van der Waals surface area contributed by atoms with Crippen LogP contribution in [0, 0.1) is 19.7 Å². The highest BCUT2D eigenvalue weighted by Gasteiger charge is 2.32. The first-order valence-corrected chi connectivity index (χ1v) is 7.68. The molecule has 1 fully saturated rings. The molecule has 3 heteroatoms. The maximum Gasteiger partial charge on any atom is 0.128 e. The zero-order chi connectivity index (χ0) is 14.7. The molecule has 20 heavy (non-hydrogen) atoms. The number of halogens is 1. The van der Waals surface area contributed by atoms with Crippen molar-refractivity contribution in [3.05, 3.63) is 34.6 Å². The standard InChI is InChI=1S/C17H26FNO/c1-5-8-19-17(15-7-6-13(4)20-15)16-12(3)9-11(2)10-14(16)18/h9-10,13,15,17,19H,5-8H2,1-4H3. The van der Waals surface area contributed by atoms with Crippen LogP contribution in [0.2, 0.25) is 0 Å². The molecule has 1 saturated heterocycles. The van der Waals surface area contributed by atoms with Gasteiger partial charge in [-0.1, -0.05) is 13.0 Å². The van der Waals surface area contributed by atoms with Crippen LogP contribution in [0.15, 0.2) is 12.1 Å². The highest BCUT2D eigenvalue weighted by Crippen LogP contribution is 2.33. The number of aryl methyl sites for hydroxylation is 2. The molecule has 0 bridgehead atoms. The summed E-state index contributed by atoms with van der Waals surface area (Å²) in [5.41, 5.74) is 2.76. The average Bonchev–Trinajstić information content (AvgIpc) is 2.78. The Morgan fingerprint density at radius 2 is 2.10 bits per heavy atom. The van der Waals surface area contributed by atoms with Gasteiger partial charge in [0.1, 0.15) is 5.82 Å². The van der Waals surface area contributed by atoms with Gasteiger partial charge in [-0.3, -0.25) is 0 Å². The lowest BCUT2D eigenvalue weighted by Gasteiger charge is -2.27. The van der Waals surface area contributed by atoms with Crippen molar-refractivity contribution in [3.63, 3.8) is 0 Å². The number of hydrogen-bond donors (Lipinski definition) is 1. The Labute approximate surface area is 121 Å². The minimum absolute atomic E-state index is 0.0412. The van der Waals surface area contributed by atoms with Crippen molar-refractivity contribution in [3.8, 4) is 0 Å². The normalized spacial score (nSPS) is 24.1. The van der Waals surface area contributed by atoms with Crippen molar-refractivity contribution in [1.29, 1.82) is 0 Å². The second-order valence-electron chi connectivity index (χ2n) is 5.97. The first-order valence-electron chi connectivity index (χ1n) is 7.68. The molecule has 112 valence electrons. The van der Waals surface area contributed by atoms with E-state index in [1.54, 1.807) is 6.07 Å². The van der Waals surface area contributed by atoms with E-state index in [1.807, 2.05) is 13.8 Å². The van der Waals surface area contributed by atoms with Gasteiger partial charge in [-0.2, -0.15) is 0 Å². The lowest BCUT2D eigenvalue weighted by atomic mass is 9.93. The largest absolute Gasteiger partial charge is 0.373 e. The topological polar surface area (TPSA) is 21.3 Å². The van der Waals surface area contributed by atoms with Gasteiger partial charge in [0.05, 0.1) is 18.2 Å². The van der Waals surface area contributed by atoms with Gasteiger partial charge in [0.25, 0.3) is 0 Å². The van der Waals surface area contributed by atoms with Gasteiger partial charge in [-0.15, -0.1) is 0 Å². The lowest BCUT2D eigenvalue weighted by molar-refractivity contribution is 0.0307. The highest BCUT2D eigenvalue weighted by atomic mass is 19.1. The van der Waals surface area contributed by atoms with Gasteiger partial charge in [0.2, 0.25) is 0 Å². The molecule has 0 amide bonds. The smallest absolute Gasteiger partial charge is 0.128 e. The summed E-state index contributed by atoms with van der Waals surface area (Å²) < 4.78 is 20.4. The molecular weight excluding hydrogens is 253 g/mol. The molecule has 0 saturated carbocycles. The molecule has 1 N–H and O–H groups in total. The van der Waals surface area contributed by atoms with E-state index >= 15 is 0 Å².